The number of nitrogens with one attached hydrogen (secondary N) is 1. The minimum Gasteiger partial charge on any atom is -0.467 e. The quantitative estimate of drug-likeness (QED) is 0.623. The number of aryl methyl sites for hydroxylation is 1. The topological polar surface area (TPSA) is 69.3 Å². The van der Waals surface area contributed by atoms with Crippen LogP contribution >= 0.6 is 0 Å². The zero-order valence-electron chi connectivity index (χ0n) is 16.4. The average molecular weight is 361 g/mol. The minimum absolute atomic E-state index is 0.0754. The van der Waals surface area contributed by atoms with Gasteiger partial charge in [0.1, 0.15) is 12.4 Å². The van der Waals surface area contributed by atoms with Crippen LogP contribution in [0.1, 0.15) is 49.4 Å². The van der Waals surface area contributed by atoms with Crippen molar-refractivity contribution in [2.75, 3.05) is 13.2 Å². The lowest BCUT2D eigenvalue weighted by Crippen LogP contribution is -2.25. The molecular weight excluding hydrogens is 330 g/mol. The van der Waals surface area contributed by atoms with E-state index < -0.39 is 0 Å². The predicted molar refractivity (Wildman–Crippen MR) is 101 cm³/mol. The predicted octanol–water partition coefficient (Wildman–Crippen LogP) is 3.40. The zero-order chi connectivity index (χ0) is 18.9. The Morgan fingerprint density at radius 2 is 2.19 bits per heavy atom. The third-order valence-electron chi connectivity index (χ3n) is 4.28. The number of nitrogens with zero attached hydrogens (tertiary/aromatic N) is 2. The van der Waals surface area contributed by atoms with Gasteiger partial charge in [-0.25, -0.2) is 0 Å². The molecule has 0 aliphatic heterocycles. The molecule has 144 valence electrons. The highest BCUT2D eigenvalue weighted by Gasteiger charge is 2.13. The first-order chi connectivity index (χ1) is 12.5. The van der Waals surface area contributed by atoms with Crippen molar-refractivity contribution in [2.45, 2.75) is 60.1 Å². The first-order valence-electron chi connectivity index (χ1n) is 9.37. The highest BCUT2D eigenvalue weighted by atomic mass is 16.5. The first kappa shape index (κ1) is 20.2. The molecule has 0 radical (unpaired) electrons. The molecule has 0 saturated heterocycles. The lowest BCUT2D eigenvalue weighted by atomic mass is 10.1. The van der Waals surface area contributed by atoms with E-state index in [1.165, 1.54) is 11.3 Å². The van der Waals surface area contributed by atoms with Crippen LogP contribution < -0.4 is 5.32 Å². The monoisotopic (exact) mass is 361 g/mol. The van der Waals surface area contributed by atoms with E-state index in [1.807, 2.05) is 19.1 Å². The van der Waals surface area contributed by atoms with Gasteiger partial charge in [0.25, 0.3) is 0 Å². The number of hydrogen-bond acceptors (Lipinski definition) is 4. The lowest BCUT2D eigenvalue weighted by Gasteiger charge is -2.08. The van der Waals surface area contributed by atoms with Crippen LogP contribution in [0.15, 0.2) is 22.8 Å². The van der Waals surface area contributed by atoms with Gasteiger partial charge >= 0.3 is 0 Å². The summed E-state index contributed by atoms with van der Waals surface area (Å²) < 4.78 is 12.8. The van der Waals surface area contributed by atoms with E-state index in [9.17, 15) is 4.79 Å². The van der Waals surface area contributed by atoms with E-state index >= 15 is 0 Å². The van der Waals surface area contributed by atoms with Gasteiger partial charge in [0.2, 0.25) is 5.91 Å². The number of aromatic nitrogens is 2. The largest absolute Gasteiger partial charge is 0.467 e. The number of carbonyl (C=O) groups is 1. The second-order valence-corrected chi connectivity index (χ2v) is 7.06. The molecule has 6 heteroatoms. The molecule has 1 amide bonds. The average Bonchev–Trinajstić information content (AvgIpc) is 3.18. The summed E-state index contributed by atoms with van der Waals surface area (Å²) >= 11 is 0. The molecule has 2 aromatic heterocycles. The van der Waals surface area contributed by atoms with Crippen LogP contribution in [-0.4, -0.2) is 28.8 Å². The maximum Gasteiger partial charge on any atom is 0.220 e. The number of carbonyl (C=O) groups excluding carboxylic acids is 1. The van der Waals surface area contributed by atoms with Gasteiger partial charge < -0.3 is 14.5 Å². The summed E-state index contributed by atoms with van der Waals surface area (Å²) in [6, 6.07) is 3.73. The Kier molecular flexibility index (Phi) is 7.91. The molecule has 2 aromatic rings. The molecule has 0 bridgehead atoms. The van der Waals surface area contributed by atoms with Crippen molar-refractivity contribution in [3.63, 3.8) is 0 Å². The van der Waals surface area contributed by atoms with Gasteiger partial charge in [-0.05, 0) is 50.3 Å². The molecule has 0 fully saturated rings. The molecule has 2 rings (SSSR count). The van der Waals surface area contributed by atoms with Gasteiger partial charge in [-0.3, -0.25) is 9.48 Å². The second-order valence-electron chi connectivity index (χ2n) is 7.06. The summed E-state index contributed by atoms with van der Waals surface area (Å²) in [5.41, 5.74) is 3.40. The van der Waals surface area contributed by atoms with Crippen molar-refractivity contribution in [1.29, 1.82) is 0 Å². The first-order valence-corrected chi connectivity index (χ1v) is 9.37. The van der Waals surface area contributed by atoms with E-state index in [0.717, 1.165) is 30.8 Å². The fourth-order valence-corrected chi connectivity index (χ4v) is 2.92. The highest BCUT2D eigenvalue weighted by molar-refractivity contribution is 5.76. The molecule has 0 spiro atoms. The maximum atomic E-state index is 12.0. The summed E-state index contributed by atoms with van der Waals surface area (Å²) in [5.74, 6) is 1.45. The number of rotatable bonds is 11. The Balaban J connectivity index is 1.63. The number of amides is 1. The Labute approximate surface area is 155 Å². The van der Waals surface area contributed by atoms with Crippen molar-refractivity contribution >= 4 is 5.91 Å². The van der Waals surface area contributed by atoms with Crippen LogP contribution in [0.25, 0.3) is 0 Å². The van der Waals surface area contributed by atoms with Gasteiger partial charge in [-0.1, -0.05) is 13.8 Å². The molecule has 0 unspecified atom stereocenters. The van der Waals surface area contributed by atoms with E-state index in [-0.39, 0.29) is 5.91 Å². The Morgan fingerprint density at radius 1 is 1.38 bits per heavy atom. The molecule has 26 heavy (non-hydrogen) atoms. The molecule has 6 nitrogen and oxygen atoms in total. The SMILES string of the molecule is Cc1nn(CC(C)C)c(C)c1CCC(=O)NCCCOCc1ccco1. The molecule has 0 aromatic carbocycles. The van der Waals surface area contributed by atoms with Gasteiger partial charge in [-0.2, -0.15) is 5.10 Å². The molecule has 0 aliphatic carbocycles. The van der Waals surface area contributed by atoms with Crippen molar-refractivity contribution in [3.8, 4) is 0 Å². The number of hydrogen-bond donors (Lipinski definition) is 1. The van der Waals surface area contributed by atoms with Gasteiger partial charge in [0, 0.05) is 31.8 Å². The highest BCUT2D eigenvalue weighted by Crippen LogP contribution is 2.16. The summed E-state index contributed by atoms with van der Waals surface area (Å²) in [6.07, 6.45) is 3.64. The molecule has 2 heterocycles. The van der Waals surface area contributed by atoms with Crippen LogP contribution in [0.2, 0.25) is 0 Å². The summed E-state index contributed by atoms with van der Waals surface area (Å²) in [6.45, 7) is 11.1. The van der Waals surface area contributed by atoms with Gasteiger partial charge in [0.05, 0.1) is 12.0 Å². The number of furan rings is 1. The molecule has 0 saturated carbocycles. The fourth-order valence-electron chi connectivity index (χ4n) is 2.92. The van der Waals surface area contributed by atoms with Crippen LogP contribution in [-0.2, 0) is 29.1 Å². The zero-order valence-corrected chi connectivity index (χ0v) is 16.4. The normalized spacial score (nSPS) is 11.3. The molecule has 1 N–H and O–H groups in total. The molecule has 0 atom stereocenters. The van der Waals surface area contributed by atoms with Crippen molar-refractivity contribution in [1.82, 2.24) is 15.1 Å². The van der Waals surface area contributed by atoms with Crippen molar-refractivity contribution < 1.29 is 13.9 Å². The lowest BCUT2D eigenvalue weighted by molar-refractivity contribution is -0.121. The smallest absolute Gasteiger partial charge is 0.220 e. The number of ether oxygens (including phenoxy) is 1. The summed E-state index contributed by atoms with van der Waals surface area (Å²) in [7, 11) is 0. The third-order valence-corrected chi connectivity index (χ3v) is 4.28. The molecule has 0 aliphatic rings. The van der Waals surface area contributed by atoms with E-state index in [1.54, 1.807) is 6.26 Å². The van der Waals surface area contributed by atoms with Crippen LogP contribution in [0.4, 0.5) is 0 Å². The van der Waals surface area contributed by atoms with Crippen LogP contribution in [0.5, 0.6) is 0 Å². The molecular formula is C20H31N3O3. The third kappa shape index (κ3) is 6.33. The van der Waals surface area contributed by atoms with E-state index in [0.29, 0.717) is 32.1 Å². The second kappa shape index (κ2) is 10.2. The minimum atomic E-state index is 0.0754. The summed E-state index contributed by atoms with van der Waals surface area (Å²) in [5, 5.41) is 7.56. The van der Waals surface area contributed by atoms with Crippen molar-refractivity contribution in [2.24, 2.45) is 5.92 Å². The van der Waals surface area contributed by atoms with E-state index in [2.05, 4.69) is 35.9 Å². The van der Waals surface area contributed by atoms with Crippen LogP contribution in [0.3, 0.4) is 0 Å². The van der Waals surface area contributed by atoms with E-state index in [4.69, 9.17) is 9.15 Å². The maximum absolute atomic E-state index is 12.0. The van der Waals surface area contributed by atoms with Crippen molar-refractivity contribution in [3.05, 3.63) is 41.1 Å². The Bertz CT molecular complexity index is 675. The van der Waals surface area contributed by atoms with Gasteiger partial charge in [0.15, 0.2) is 0 Å². The summed E-state index contributed by atoms with van der Waals surface area (Å²) in [4.78, 5) is 12.0. The Hall–Kier alpha value is -2.08. The standard InChI is InChI=1S/C20H31N3O3/c1-15(2)13-23-17(4)19(16(3)22-23)8-9-20(24)21-10-6-11-25-14-18-7-5-12-26-18/h5,7,12,15H,6,8-11,13-14H2,1-4H3,(H,21,24). The fraction of sp³-hybridized carbons (Fsp3) is 0.600. The van der Waals surface area contributed by atoms with Crippen LogP contribution in [0, 0.1) is 19.8 Å². The van der Waals surface area contributed by atoms with Gasteiger partial charge in [-0.15, -0.1) is 0 Å². The Morgan fingerprint density at radius 3 is 2.88 bits per heavy atom.